The number of imide groups is 1. The molecule has 0 aliphatic heterocycles. The molecule has 1 aliphatic carbocycles. The zero-order chi connectivity index (χ0) is 15.2. The average Bonchev–Trinajstić information content (AvgIpc) is 3.23. The van der Waals surface area contributed by atoms with E-state index in [1.807, 2.05) is 0 Å². The molecule has 0 saturated heterocycles. The molecule has 0 heterocycles. The van der Waals surface area contributed by atoms with Crippen molar-refractivity contribution in [3.8, 4) is 0 Å². The summed E-state index contributed by atoms with van der Waals surface area (Å²) in [4.78, 5) is 34.3. The summed E-state index contributed by atoms with van der Waals surface area (Å²) in [5, 5.41) is 5.14. The van der Waals surface area contributed by atoms with Crippen LogP contribution in [0.2, 0.25) is 5.02 Å². The topological polar surface area (TPSA) is 84.5 Å². The lowest BCUT2D eigenvalue weighted by atomic mass is 10.1. The van der Waals surface area contributed by atoms with Gasteiger partial charge >= 0.3 is 12.0 Å². The molecule has 3 amide bonds. The molecular weight excluding hydrogens is 296 g/mol. The third-order valence-corrected chi connectivity index (χ3v) is 3.19. The lowest BCUT2D eigenvalue weighted by Gasteiger charge is -2.07. The highest BCUT2D eigenvalue weighted by Gasteiger charge is 2.24. The Kier molecular flexibility index (Phi) is 5.16. The van der Waals surface area contributed by atoms with Gasteiger partial charge in [-0.15, -0.1) is 0 Å². The number of amides is 3. The number of carbonyl (C=O) groups excluding carboxylic acids is 3. The van der Waals surface area contributed by atoms with Crippen LogP contribution in [0.3, 0.4) is 0 Å². The first-order chi connectivity index (χ1) is 10.0. The van der Waals surface area contributed by atoms with Crippen molar-refractivity contribution in [2.45, 2.75) is 25.3 Å². The van der Waals surface area contributed by atoms with Gasteiger partial charge in [0.05, 0.1) is 6.42 Å². The van der Waals surface area contributed by atoms with E-state index in [0.29, 0.717) is 10.6 Å². The number of ether oxygens (including phenoxy) is 1. The molecule has 0 unspecified atom stereocenters. The van der Waals surface area contributed by atoms with E-state index in [2.05, 4.69) is 10.6 Å². The number of nitrogens with one attached hydrogen (secondary N) is 2. The first kappa shape index (κ1) is 15.3. The van der Waals surface area contributed by atoms with Crippen molar-refractivity contribution in [2.75, 3.05) is 6.61 Å². The minimum Gasteiger partial charge on any atom is -0.455 e. The van der Waals surface area contributed by atoms with E-state index in [-0.39, 0.29) is 12.5 Å². The largest absolute Gasteiger partial charge is 0.455 e. The summed E-state index contributed by atoms with van der Waals surface area (Å²) in [5.41, 5.74) is 0.621. The SMILES string of the molecule is O=C(COC(=O)Cc1ccccc1Cl)NC(=O)NC1CC1. The molecule has 1 aliphatic rings. The quantitative estimate of drug-likeness (QED) is 0.805. The maximum Gasteiger partial charge on any atom is 0.321 e. The van der Waals surface area contributed by atoms with Crippen LogP contribution >= 0.6 is 11.6 Å². The lowest BCUT2D eigenvalue weighted by molar-refractivity contribution is -0.147. The van der Waals surface area contributed by atoms with Gasteiger partial charge in [-0.1, -0.05) is 29.8 Å². The highest BCUT2D eigenvalue weighted by Crippen LogP contribution is 2.18. The molecule has 0 atom stereocenters. The standard InChI is InChI=1S/C14H15ClN2O4/c15-11-4-2-1-3-9(11)7-13(19)21-8-12(18)17-14(20)16-10-5-6-10/h1-4,10H,5-8H2,(H2,16,17,18,20). The third-order valence-electron chi connectivity index (χ3n) is 2.82. The van der Waals surface area contributed by atoms with Gasteiger partial charge in [0.15, 0.2) is 6.61 Å². The number of carbonyl (C=O) groups is 3. The van der Waals surface area contributed by atoms with Crippen LogP contribution in [0, 0.1) is 0 Å². The molecule has 1 fully saturated rings. The van der Waals surface area contributed by atoms with Gasteiger partial charge in [0.25, 0.3) is 5.91 Å². The Morgan fingerprint density at radius 2 is 1.95 bits per heavy atom. The summed E-state index contributed by atoms with van der Waals surface area (Å²) in [5.74, 6) is -1.25. The van der Waals surface area contributed by atoms with Gasteiger partial charge in [0.1, 0.15) is 0 Å². The molecule has 21 heavy (non-hydrogen) atoms. The number of hydrogen-bond donors (Lipinski definition) is 2. The van der Waals surface area contributed by atoms with E-state index in [1.54, 1.807) is 24.3 Å². The fourth-order valence-corrected chi connectivity index (χ4v) is 1.81. The zero-order valence-electron chi connectivity index (χ0n) is 11.2. The smallest absolute Gasteiger partial charge is 0.321 e. The maximum absolute atomic E-state index is 11.6. The third kappa shape index (κ3) is 5.43. The average molecular weight is 311 g/mol. The molecule has 0 bridgehead atoms. The molecule has 6 nitrogen and oxygen atoms in total. The second-order valence-corrected chi connectivity index (χ2v) is 5.13. The summed E-state index contributed by atoms with van der Waals surface area (Å²) < 4.78 is 4.79. The van der Waals surface area contributed by atoms with Crippen molar-refractivity contribution in [3.05, 3.63) is 34.9 Å². The number of urea groups is 1. The number of hydrogen-bond acceptors (Lipinski definition) is 4. The van der Waals surface area contributed by atoms with Crippen molar-refractivity contribution in [1.29, 1.82) is 0 Å². The molecule has 0 aromatic heterocycles. The number of halogens is 1. The van der Waals surface area contributed by atoms with E-state index in [4.69, 9.17) is 16.3 Å². The summed E-state index contributed by atoms with van der Waals surface area (Å²) in [6.07, 6.45) is 1.82. The summed E-state index contributed by atoms with van der Waals surface area (Å²) >= 11 is 5.91. The maximum atomic E-state index is 11.6. The minimum absolute atomic E-state index is 0.0266. The highest BCUT2D eigenvalue weighted by atomic mass is 35.5. The van der Waals surface area contributed by atoms with Crippen LogP contribution in [0.4, 0.5) is 4.79 Å². The van der Waals surface area contributed by atoms with Gasteiger partial charge in [-0.2, -0.15) is 0 Å². The van der Waals surface area contributed by atoms with Crippen LogP contribution in [-0.4, -0.2) is 30.6 Å². The molecule has 2 rings (SSSR count). The van der Waals surface area contributed by atoms with Gasteiger partial charge < -0.3 is 10.1 Å². The second kappa shape index (κ2) is 7.08. The molecule has 112 valence electrons. The number of esters is 1. The molecule has 0 radical (unpaired) electrons. The van der Waals surface area contributed by atoms with Gasteiger partial charge in [0.2, 0.25) is 0 Å². The van der Waals surface area contributed by atoms with Gasteiger partial charge in [-0.25, -0.2) is 4.79 Å². The van der Waals surface area contributed by atoms with Crippen molar-refractivity contribution in [3.63, 3.8) is 0 Å². The van der Waals surface area contributed by atoms with Gasteiger partial charge in [-0.05, 0) is 24.5 Å². The summed E-state index contributed by atoms with van der Waals surface area (Å²) in [6.45, 7) is -0.499. The highest BCUT2D eigenvalue weighted by molar-refractivity contribution is 6.31. The van der Waals surface area contributed by atoms with Crippen molar-refractivity contribution < 1.29 is 19.1 Å². The molecule has 0 spiro atoms. The van der Waals surface area contributed by atoms with Crippen LogP contribution < -0.4 is 10.6 Å². The first-order valence-electron chi connectivity index (χ1n) is 6.54. The molecule has 7 heteroatoms. The Morgan fingerprint density at radius 1 is 1.24 bits per heavy atom. The number of rotatable bonds is 5. The minimum atomic E-state index is -0.666. The predicted molar refractivity (Wildman–Crippen MR) is 75.8 cm³/mol. The fraction of sp³-hybridized carbons (Fsp3) is 0.357. The van der Waals surface area contributed by atoms with Gasteiger partial charge in [0, 0.05) is 11.1 Å². The molecule has 2 N–H and O–H groups in total. The molecule has 1 aromatic rings. The first-order valence-corrected chi connectivity index (χ1v) is 6.92. The van der Waals surface area contributed by atoms with E-state index in [9.17, 15) is 14.4 Å². The van der Waals surface area contributed by atoms with Crippen LogP contribution in [0.5, 0.6) is 0 Å². The Balaban J connectivity index is 1.69. The Morgan fingerprint density at radius 3 is 2.62 bits per heavy atom. The van der Waals surface area contributed by atoms with E-state index in [1.165, 1.54) is 0 Å². The summed E-state index contributed by atoms with van der Waals surface area (Å²) in [6, 6.07) is 6.46. The van der Waals surface area contributed by atoms with Crippen LogP contribution in [0.25, 0.3) is 0 Å². The number of benzene rings is 1. The van der Waals surface area contributed by atoms with Gasteiger partial charge in [-0.3, -0.25) is 14.9 Å². The van der Waals surface area contributed by atoms with Crippen LogP contribution in [-0.2, 0) is 20.7 Å². The van der Waals surface area contributed by atoms with E-state index >= 15 is 0 Å². The predicted octanol–water partition coefficient (Wildman–Crippen LogP) is 1.41. The summed E-state index contributed by atoms with van der Waals surface area (Å²) in [7, 11) is 0. The Hall–Kier alpha value is -2.08. The van der Waals surface area contributed by atoms with E-state index < -0.39 is 24.5 Å². The van der Waals surface area contributed by atoms with E-state index in [0.717, 1.165) is 12.8 Å². The Bertz CT molecular complexity index is 558. The fourth-order valence-electron chi connectivity index (χ4n) is 1.61. The monoisotopic (exact) mass is 310 g/mol. The van der Waals surface area contributed by atoms with Crippen molar-refractivity contribution in [2.24, 2.45) is 0 Å². The second-order valence-electron chi connectivity index (χ2n) is 4.72. The zero-order valence-corrected chi connectivity index (χ0v) is 12.0. The van der Waals surface area contributed by atoms with Crippen molar-refractivity contribution in [1.82, 2.24) is 10.6 Å². The lowest BCUT2D eigenvalue weighted by Crippen LogP contribution is -2.42. The molecule has 1 aromatic carbocycles. The van der Waals surface area contributed by atoms with Crippen molar-refractivity contribution >= 4 is 29.5 Å². The molecule has 1 saturated carbocycles. The Labute approximate surface area is 126 Å². The normalized spacial score (nSPS) is 13.4. The van der Waals surface area contributed by atoms with Crippen LogP contribution in [0.1, 0.15) is 18.4 Å². The molecular formula is C14H15ClN2O4. The van der Waals surface area contributed by atoms with Crippen LogP contribution in [0.15, 0.2) is 24.3 Å².